The molecule has 0 spiro atoms. The van der Waals surface area contributed by atoms with Crippen LogP contribution in [-0.2, 0) is 4.74 Å². The molecule has 1 amide bonds. The third-order valence-corrected chi connectivity index (χ3v) is 3.05. The fourth-order valence-electron chi connectivity index (χ4n) is 2.21. The largest absolute Gasteiger partial charge is 0.477 e. The number of rotatable bonds is 2. The highest BCUT2D eigenvalue weighted by Crippen LogP contribution is 2.24. The summed E-state index contributed by atoms with van der Waals surface area (Å²) in [6, 6.07) is 1.34. The molecule has 0 bridgehead atoms. The first-order valence-corrected chi connectivity index (χ1v) is 6.52. The van der Waals surface area contributed by atoms with Crippen molar-refractivity contribution in [2.24, 2.45) is 0 Å². The quantitative estimate of drug-likeness (QED) is 0.893. The van der Waals surface area contributed by atoms with Gasteiger partial charge in [0.15, 0.2) is 0 Å². The maximum atomic E-state index is 12.0. The third kappa shape index (κ3) is 3.09. The molecule has 1 aromatic heterocycles. The van der Waals surface area contributed by atoms with Gasteiger partial charge in [0.2, 0.25) is 0 Å². The van der Waals surface area contributed by atoms with Crippen molar-refractivity contribution in [1.82, 2.24) is 14.7 Å². The highest BCUT2D eigenvalue weighted by Gasteiger charge is 2.32. The fourth-order valence-corrected chi connectivity index (χ4v) is 2.21. The number of carbonyl (C=O) groups excluding carboxylic acids is 1. The molecule has 1 saturated heterocycles. The van der Waals surface area contributed by atoms with E-state index in [-0.39, 0.29) is 17.8 Å². The fraction of sp³-hybridized carbons (Fsp3) is 0.615. The average molecular weight is 281 g/mol. The summed E-state index contributed by atoms with van der Waals surface area (Å²) in [5, 5.41) is 13.1. The van der Waals surface area contributed by atoms with Gasteiger partial charge in [-0.1, -0.05) is 0 Å². The van der Waals surface area contributed by atoms with E-state index in [4.69, 9.17) is 9.84 Å². The molecule has 1 fully saturated rings. The maximum Gasteiger partial charge on any atom is 0.410 e. The molecule has 1 atom stereocenters. The molecule has 1 aliphatic heterocycles. The lowest BCUT2D eigenvalue weighted by molar-refractivity contribution is 0.0288. The Labute approximate surface area is 117 Å². The van der Waals surface area contributed by atoms with E-state index in [2.05, 4.69) is 5.10 Å². The van der Waals surface area contributed by atoms with Gasteiger partial charge in [0.1, 0.15) is 11.3 Å². The second kappa shape index (κ2) is 5.15. The van der Waals surface area contributed by atoms with Gasteiger partial charge < -0.3 is 14.7 Å². The number of ether oxygens (including phenoxy) is 1. The first-order valence-electron chi connectivity index (χ1n) is 6.52. The minimum absolute atomic E-state index is 0.122. The molecule has 2 heterocycles. The van der Waals surface area contributed by atoms with E-state index in [0.717, 1.165) is 0 Å². The van der Waals surface area contributed by atoms with Crippen LogP contribution in [-0.4, -0.2) is 50.5 Å². The van der Waals surface area contributed by atoms with Gasteiger partial charge in [-0.25, -0.2) is 9.59 Å². The summed E-state index contributed by atoms with van der Waals surface area (Å²) in [6.07, 6.45) is 1.75. The Morgan fingerprint density at radius 1 is 1.45 bits per heavy atom. The van der Waals surface area contributed by atoms with E-state index in [0.29, 0.717) is 19.5 Å². The topological polar surface area (TPSA) is 84.7 Å². The lowest BCUT2D eigenvalue weighted by atomic mass is 10.2. The highest BCUT2D eigenvalue weighted by molar-refractivity contribution is 5.85. The SMILES string of the molecule is CC(C)(C)OC(=O)N1CCC(n2nccc2C(=O)O)C1. The summed E-state index contributed by atoms with van der Waals surface area (Å²) in [5.41, 5.74) is -0.395. The van der Waals surface area contributed by atoms with Crippen molar-refractivity contribution in [3.8, 4) is 0 Å². The molecule has 1 unspecified atom stereocenters. The Balaban J connectivity index is 2.04. The monoisotopic (exact) mass is 281 g/mol. The predicted octanol–water partition coefficient (Wildman–Crippen LogP) is 1.76. The number of carbonyl (C=O) groups is 2. The summed E-state index contributed by atoms with van der Waals surface area (Å²) in [5.74, 6) is -1.02. The van der Waals surface area contributed by atoms with Gasteiger partial charge in [-0.3, -0.25) is 4.68 Å². The smallest absolute Gasteiger partial charge is 0.410 e. The molecule has 0 saturated carbocycles. The number of amides is 1. The van der Waals surface area contributed by atoms with E-state index >= 15 is 0 Å². The molecular weight excluding hydrogens is 262 g/mol. The third-order valence-electron chi connectivity index (χ3n) is 3.05. The number of aromatic nitrogens is 2. The number of nitrogens with zero attached hydrogens (tertiary/aromatic N) is 3. The van der Waals surface area contributed by atoms with Gasteiger partial charge in [-0.2, -0.15) is 5.10 Å². The van der Waals surface area contributed by atoms with Crippen LogP contribution in [0.4, 0.5) is 4.79 Å². The second-order valence-electron chi connectivity index (χ2n) is 5.84. The molecular formula is C13H19N3O4. The zero-order chi connectivity index (χ0) is 14.9. The van der Waals surface area contributed by atoms with E-state index in [1.807, 2.05) is 20.8 Å². The molecule has 1 aromatic rings. The van der Waals surface area contributed by atoms with Crippen LogP contribution in [0.3, 0.4) is 0 Å². The van der Waals surface area contributed by atoms with Crippen molar-refractivity contribution < 1.29 is 19.4 Å². The molecule has 7 heteroatoms. The summed E-state index contributed by atoms with van der Waals surface area (Å²) in [6.45, 7) is 6.40. The van der Waals surface area contributed by atoms with Crippen molar-refractivity contribution in [3.05, 3.63) is 18.0 Å². The van der Waals surface area contributed by atoms with Crippen LogP contribution in [0.15, 0.2) is 12.3 Å². The van der Waals surface area contributed by atoms with Crippen molar-refractivity contribution >= 4 is 12.1 Å². The Hall–Kier alpha value is -2.05. The molecule has 1 N–H and O–H groups in total. The lowest BCUT2D eigenvalue weighted by Crippen LogP contribution is -2.35. The minimum atomic E-state index is -1.02. The van der Waals surface area contributed by atoms with E-state index in [1.165, 1.54) is 16.9 Å². The lowest BCUT2D eigenvalue weighted by Gasteiger charge is -2.24. The Kier molecular flexibility index (Phi) is 3.69. The number of carboxylic acids is 1. The molecule has 20 heavy (non-hydrogen) atoms. The van der Waals surface area contributed by atoms with Crippen LogP contribution in [0.1, 0.15) is 43.7 Å². The van der Waals surface area contributed by atoms with Gasteiger partial charge >= 0.3 is 12.1 Å². The van der Waals surface area contributed by atoms with E-state index < -0.39 is 11.6 Å². The van der Waals surface area contributed by atoms with Crippen molar-refractivity contribution in [1.29, 1.82) is 0 Å². The minimum Gasteiger partial charge on any atom is -0.477 e. The van der Waals surface area contributed by atoms with Crippen LogP contribution in [0, 0.1) is 0 Å². The highest BCUT2D eigenvalue weighted by atomic mass is 16.6. The number of aromatic carboxylic acids is 1. The predicted molar refractivity (Wildman–Crippen MR) is 70.6 cm³/mol. The standard InChI is InChI=1S/C13H19N3O4/c1-13(2,3)20-12(19)15-7-5-9(8-15)16-10(11(17)18)4-6-14-16/h4,6,9H,5,7-8H2,1-3H3,(H,17,18). The van der Waals surface area contributed by atoms with Gasteiger partial charge in [0, 0.05) is 19.3 Å². The molecule has 0 aromatic carbocycles. The van der Waals surface area contributed by atoms with Gasteiger partial charge in [-0.15, -0.1) is 0 Å². The molecule has 2 rings (SSSR count). The first-order chi connectivity index (χ1) is 9.28. The Bertz CT molecular complexity index is 518. The summed E-state index contributed by atoms with van der Waals surface area (Å²) in [4.78, 5) is 24.6. The van der Waals surface area contributed by atoms with E-state index in [1.54, 1.807) is 4.90 Å². The van der Waals surface area contributed by atoms with Crippen LogP contribution < -0.4 is 0 Å². The molecule has 0 aliphatic carbocycles. The van der Waals surface area contributed by atoms with Crippen LogP contribution in [0.5, 0.6) is 0 Å². The summed E-state index contributed by atoms with van der Waals surface area (Å²) in [7, 11) is 0. The van der Waals surface area contributed by atoms with Crippen molar-refractivity contribution in [3.63, 3.8) is 0 Å². The molecule has 1 aliphatic rings. The molecule has 110 valence electrons. The zero-order valence-corrected chi connectivity index (χ0v) is 11.9. The number of likely N-dealkylation sites (tertiary alicyclic amines) is 1. The number of hydrogen-bond acceptors (Lipinski definition) is 4. The Morgan fingerprint density at radius 3 is 2.75 bits per heavy atom. The first kappa shape index (κ1) is 14.4. The van der Waals surface area contributed by atoms with Crippen LogP contribution in [0.25, 0.3) is 0 Å². The molecule has 0 radical (unpaired) electrons. The van der Waals surface area contributed by atoms with E-state index in [9.17, 15) is 9.59 Å². The normalized spacial score (nSPS) is 19.1. The maximum absolute atomic E-state index is 12.0. The average Bonchev–Trinajstić information content (AvgIpc) is 2.95. The van der Waals surface area contributed by atoms with Gasteiger partial charge in [0.25, 0.3) is 0 Å². The van der Waals surface area contributed by atoms with Gasteiger partial charge in [0.05, 0.1) is 6.04 Å². The number of carboxylic acid groups (broad SMARTS) is 1. The number of hydrogen-bond donors (Lipinski definition) is 1. The van der Waals surface area contributed by atoms with Crippen LogP contribution >= 0.6 is 0 Å². The Morgan fingerprint density at radius 2 is 2.15 bits per heavy atom. The summed E-state index contributed by atoms with van der Waals surface area (Å²) >= 11 is 0. The zero-order valence-electron chi connectivity index (χ0n) is 11.9. The van der Waals surface area contributed by atoms with Crippen LogP contribution in [0.2, 0.25) is 0 Å². The molecule has 7 nitrogen and oxygen atoms in total. The van der Waals surface area contributed by atoms with Gasteiger partial charge in [-0.05, 0) is 33.3 Å². The summed E-state index contributed by atoms with van der Waals surface area (Å²) < 4.78 is 6.77. The van der Waals surface area contributed by atoms with Crippen molar-refractivity contribution in [2.45, 2.75) is 38.8 Å². The van der Waals surface area contributed by atoms with Crippen molar-refractivity contribution in [2.75, 3.05) is 13.1 Å². The second-order valence-corrected chi connectivity index (χ2v) is 5.84.